The van der Waals surface area contributed by atoms with Crippen molar-refractivity contribution in [3.63, 3.8) is 0 Å². The first kappa shape index (κ1) is 18.8. The van der Waals surface area contributed by atoms with Gasteiger partial charge in [-0.15, -0.1) is 11.3 Å². The molecule has 5 nitrogen and oxygen atoms in total. The molecule has 134 valence electrons. The minimum atomic E-state index is -0.635. The van der Waals surface area contributed by atoms with Crippen LogP contribution in [0, 0.1) is 5.92 Å². The fraction of sp³-hybridized carbons (Fsp3) is 0.667. The molecule has 0 saturated heterocycles. The average molecular weight is 353 g/mol. The summed E-state index contributed by atoms with van der Waals surface area (Å²) in [5, 5.41) is 7.77. The lowest BCUT2D eigenvalue weighted by molar-refractivity contribution is -0.123. The second-order valence-corrected chi connectivity index (χ2v) is 8.39. The van der Waals surface area contributed by atoms with Gasteiger partial charge in [-0.1, -0.05) is 18.9 Å². The van der Waals surface area contributed by atoms with Crippen LogP contribution < -0.4 is 10.6 Å². The van der Waals surface area contributed by atoms with Gasteiger partial charge in [-0.2, -0.15) is 0 Å². The van der Waals surface area contributed by atoms with Crippen molar-refractivity contribution in [2.75, 3.05) is 0 Å². The van der Waals surface area contributed by atoms with Gasteiger partial charge in [0.1, 0.15) is 11.6 Å². The topological polar surface area (TPSA) is 67.4 Å². The first-order chi connectivity index (χ1) is 11.3. The Bertz CT molecular complexity index is 545. The summed E-state index contributed by atoms with van der Waals surface area (Å²) in [5.41, 5.74) is -0.580. The third-order valence-corrected chi connectivity index (χ3v) is 5.10. The zero-order valence-electron chi connectivity index (χ0n) is 14.9. The summed E-state index contributed by atoms with van der Waals surface area (Å²) in [7, 11) is 0. The number of carbonyl (C=O) groups is 2. The van der Waals surface area contributed by atoms with E-state index in [1.165, 1.54) is 17.7 Å². The average Bonchev–Trinajstić information content (AvgIpc) is 3.15. The number of ether oxygens (including phenoxy) is 1. The number of amides is 2. The van der Waals surface area contributed by atoms with E-state index in [0.717, 1.165) is 12.8 Å². The van der Waals surface area contributed by atoms with Crippen molar-refractivity contribution in [1.82, 2.24) is 10.6 Å². The highest BCUT2D eigenvalue weighted by Crippen LogP contribution is 2.37. The van der Waals surface area contributed by atoms with Gasteiger partial charge < -0.3 is 15.4 Å². The van der Waals surface area contributed by atoms with Gasteiger partial charge in [-0.3, -0.25) is 4.79 Å². The molecule has 2 N–H and O–H groups in total. The van der Waals surface area contributed by atoms with Gasteiger partial charge in [-0.05, 0) is 57.9 Å². The van der Waals surface area contributed by atoms with E-state index >= 15 is 0 Å². The van der Waals surface area contributed by atoms with Crippen molar-refractivity contribution >= 4 is 23.3 Å². The van der Waals surface area contributed by atoms with Crippen molar-refractivity contribution in [1.29, 1.82) is 0 Å². The SMILES string of the molecule is CC(NC(=O)OC(C)(C)C)C(=O)NC(c1cccs1)C1CCCC1. The summed E-state index contributed by atoms with van der Waals surface area (Å²) in [6.07, 6.45) is 4.13. The van der Waals surface area contributed by atoms with E-state index in [9.17, 15) is 9.59 Å². The number of carbonyl (C=O) groups excluding carboxylic acids is 2. The molecule has 1 aromatic heterocycles. The normalized spacial score (nSPS) is 18.0. The molecule has 1 aliphatic rings. The van der Waals surface area contributed by atoms with Gasteiger partial charge in [0.2, 0.25) is 5.91 Å². The molecule has 0 aliphatic heterocycles. The van der Waals surface area contributed by atoms with Crippen LogP contribution in [0.1, 0.15) is 64.3 Å². The van der Waals surface area contributed by atoms with Crippen molar-refractivity contribution in [2.24, 2.45) is 5.92 Å². The first-order valence-electron chi connectivity index (χ1n) is 8.59. The number of hydrogen-bond donors (Lipinski definition) is 2. The van der Waals surface area contributed by atoms with E-state index in [-0.39, 0.29) is 11.9 Å². The van der Waals surface area contributed by atoms with E-state index in [1.807, 2.05) is 11.4 Å². The van der Waals surface area contributed by atoms with E-state index in [4.69, 9.17) is 4.74 Å². The summed E-state index contributed by atoms with van der Waals surface area (Å²) in [5.74, 6) is 0.299. The standard InChI is InChI=1S/C18H28N2O3S/c1-12(19-17(22)23-18(2,3)4)16(21)20-15(13-8-5-6-9-13)14-10-7-11-24-14/h7,10-13,15H,5-6,8-9H2,1-4H3,(H,19,22)(H,20,21). The monoisotopic (exact) mass is 352 g/mol. The zero-order valence-corrected chi connectivity index (χ0v) is 15.7. The van der Waals surface area contributed by atoms with Crippen LogP contribution in [0.4, 0.5) is 4.79 Å². The lowest BCUT2D eigenvalue weighted by Gasteiger charge is -2.26. The van der Waals surface area contributed by atoms with Crippen molar-refractivity contribution < 1.29 is 14.3 Å². The number of rotatable bonds is 5. The van der Waals surface area contributed by atoms with Crippen LogP contribution in [0.2, 0.25) is 0 Å². The molecule has 0 aromatic carbocycles. The van der Waals surface area contributed by atoms with Crippen LogP contribution in [0.25, 0.3) is 0 Å². The van der Waals surface area contributed by atoms with Crippen LogP contribution in [-0.2, 0) is 9.53 Å². The zero-order chi connectivity index (χ0) is 17.7. The second-order valence-electron chi connectivity index (χ2n) is 7.41. The molecule has 0 spiro atoms. The largest absolute Gasteiger partial charge is 0.444 e. The summed E-state index contributed by atoms with van der Waals surface area (Å²) in [6.45, 7) is 7.07. The minimum Gasteiger partial charge on any atom is -0.444 e. The molecule has 1 fully saturated rings. The quantitative estimate of drug-likeness (QED) is 0.841. The lowest BCUT2D eigenvalue weighted by atomic mass is 9.96. The number of alkyl carbamates (subject to hydrolysis) is 1. The van der Waals surface area contributed by atoms with Crippen LogP contribution in [0.5, 0.6) is 0 Å². The highest BCUT2D eigenvalue weighted by molar-refractivity contribution is 7.10. The van der Waals surface area contributed by atoms with Gasteiger partial charge in [0.05, 0.1) is 6.04 Å². The summed E-state index contributed by atoms with van der Waals surface area (Å²) < 4.78 is 5.21. The molecule has 1 aliphatic carbocycles. The van der Waals surface area contributed by atoms with E-state index in [1.54, 1.807) is 39.0 Å². The van der Waals surface area contributed by atoms with Gasteiger partial charge >= 0.3 is 6.09 Å². The van der Waals surface area contributed by atoms with E-state index in [0.29, 0.717) is 5.92 Å². The van der Waals surface area contributed by atoms with Gasteiger partial charge in [0.25, 0.3) is 0 Å². The van der Waals surface area contributed by atoms with Gasteiger partial charge in [-0.25, -0.2) is 4.79 Å². The Kier molecular flexibility index (Phi) is 6.27. The maximum absolute atomic E-state index is 12.5. The third-order valence-electron chi connectivity index (χ3n) is 4.15. The Labute approximate surface area is 148 Å². The summed E-state index contributed by atoms with van der Waals surface area (Å²) in [6, 6.07) is 3.47. The molecular formula is C18H28N2O3S. The molecule has 1 saturated carbocycles. The Morgan fingerprint density at radius 2 is 1.92 bits per heavy atom. The molecule has 2 unspecified atom stereocenters. The molecule has 2 rings (SSSR count). The molecule has 0 bridgehead atoms. The summed E-state index contributed by atoms with van der Waals surface area (Å²) in [4.78, 5) is 25.5. The maximum Gasteiger partial charge on any atom is 0.408 e. The van der Waals surface area contributed by atoms with Gasteiger partial charge in [0, 0.05) is 4.88 Å². The van der Waals surface area contributed by atoms with Crippen LogP contribution in [-0.4, -0.2) is 23.6 Å². The molecule has 24 heavy (non-hydrogen) atoms. The smallest absolute Gasteiger partial charge is 0.408 e. The molecule has 6 heteroatoms. The van der Waals surface area contributed by atoms with Crippen LogP contribution in [0.3, 0.4) is 0 Å². The molecule has 2 amide bonds. The van der Waals surface area contributed by atoms with Crippen molar-refractivity contribution in [3.8, 4) is 0 Å². The number of hydrogen-bond acceptors (Lipinski definition) is 4. The molecule has 1 aromatic rings. The molecule has 0 radical (unpaired) electrons. The Morgan fingerprint density at radius 1 is 1.25 bits per heavy atom. The predicted molar refractivity (Wildman–Crippen MR) is 96.0 cm³/mol. The summed E-state index contributed by atoms with van der Waals surface area (Å²) >= 11 is 1.67. The van der Waals surface area contributed by atoms with E-state index in [2.05, 4.69) is 16.7 Å². The second kappa shape index (κ2) is 8.01. The third kappa shape index (κ3) is 5.51. The highest BCUT2D eigenvalue weighted by atomic mass is 32.1. The predicted octanol–water partition coefficient (Wildman–Crippen LogP) is 4.01. The molecule has 2 atom stereocenters. The Morgan fingerprint density at radius 3 is 2.46 bits per heavy atom. The van der Waals surface area contributed by atoms with Crippen molar-refractivity contribution in [2.45, 2.75) is 71.1 Å². The maximum atomic E-state index is 12.5. The minimum absolute atomic E-state index is 0.0305. The van der Waals surface area contributed by atoms with Crippen LogP contribution >= 0.6 is 11.3 Å². The molecular weight excluding hydrogens is 324 g/mol. The number of thiophene rings is 1. The Hall–Kier alpha value is -1.56. The first-order valence-corrected chi connectivity index (χ1v) is 9.47. The highest BCUT2D eigenvalue weighted by Gasteiger charge is 2.30. The fourth-order valence-electron chi connectivity index (χ4n) is 3.01. The van der Waals surface area contributed by atoms with Gasteiger partial charge in [0.15, 0.2) is 0 Å². The number of nitrogens with one attached hydrogen (secondary N) is 2. The Balaban J connectivity index is 1.95. The van der Waals surface area contributed by atoms with Crippen molar-refractivity contribution in [3.05, 3.63) is 22.4 Å². The lowest BCUT2D eigenvalue weighted by Crippen LogP contribution is -2.48. The van der Waals surface area contributed by atoms with E-state index < -0.39 is 17.7 Å². The fourth-order valence-corrected chi connectivity index (χ4v) is 3.88. The molecule has 1 heterocycles. The van der Waals surface area contributed by atoms with Crippen LogP contribution in [0.15, 0.2) is 17.5 Å².